The van der Waals surface area contributed by atoms with Crippen LogP contribution in [-0.4, -0.2) is 34.5 Å². The molecule has 30 heavy (non-hydrogen) atoms. The summed E-state index contributed by atoms with van der Waals surface area (Å²) < 4.78 is 6.06. The molecule has 1 saturated heterocycles. The maximum absolute atomic E-state index is 11.1. The molecule has 2 saturated carbocycles. The Morgan fingerprint density at radius 1 is 1.23 bits per heavy atom. The van der Waals surface area contributed by atoms with Gasteiger partial charge in [0.05, 0.1) is 23.9 Å². The molecule has 0 unspecified atom stereocenters. The van der Waals surface area contributed by atoms with Gasteiger partial charge in [-0.25, -0.2) is 0 Å². The molecule has 5 nitrogen and oxygen atoms in total. The van der Waals surface area contributed by atoms with Crippen molar-refractivity contribution in [2.75, 3.05) is 0 Å². The Hall–Kier alpha value is -1.11. The average molecular weight is 420 g/mol. The SMILES string of the molecule is O=C([O-])c1cccc(/C=C2/C[C@@H]3[C@@H](C=C[C@@H](O)C4CCCCC4)[C@H](O)C[C@@H]3O2)c1.[Na+]. The van der Waals surface area contributed by atoms with Crippen molar-refractivity contribution in [3.05, 3.63) is 53.3 Å². The van der Waals surface area contributed by atoms with Crippen molar-refractivity contribution in [1.29, 1.82) is 0 Å². The van der Waals surface area contributed by atoms with Crippen molar-refractivity contribution in [3.63, 3.8) is 0 Å². The minimum atomic E-state index is -1.20. The fraction of sp³-hybridized carbons (Fsp3) is 0.542. The third-order valence-corrected chi connectivity index (χ3v) is 6.74. The molecule has 3 fully saturated rings. The van der Waals surface area contributed by atoms with Gasteiger partial charge in [-0.3, -0.25) is 0 Å². The largest absolute Gasteiger partial charge is 1.00 e. The molecule has 0 bridgehead atoms. The molecule has 6 heteroatoms. The molecule has 0 amide bonds. The van der Waals surface area contributed by atoms with Crippen molar-refractivity contribution in [3.8, 4) is 0 Å². The van der Waals surface area contributed by atoms with Crippen molar-refractivity contribution in [2.45, 2.75) is 63.3 Å². The van der Waals surface area contributed by atoms with E-state index in [0.717, 1.165) is 24.2 Å². The molecule has 2 N–H and O–H groups in total. The number of aromatic carboxylic acids is 1. The van der Waals surface area contributed by atoms with E-state index in [9.17, 15) is 20.1 Å². The third-order valence-electron chi connectivity index (χ3n) is 6.74. The van der Waals surface area contributed by atoms with Crippen LogP contribution >= 0.6 is 0 Å². The first-order chi connectivity index (χ1) is 14.0. The number of fused-ring (bicyclic) bond motifs is 1. The molecule has 1 heterocycles. The second kappa shape index (κ2) is 10.5. The number of aliphatic hydroxyl groups is 2. The number of hydrogen-bond donors (Lipinski definition) is 2. The molecular weight excluding hydrogens is 391 g/mol. The van der Waals surface area contributed by atoms with E-state index in [1.165, 1.54) is 25.3 Å². The molecule has 0 aromatic heterocycles. The van der Waals surface area contributed by atoms with Gasteiger partial charge in [0, 0.05) is 24.7 Å². The van der Waals surface area contributed by atoms with Gasteiger partial charge < -0.3 is 24.9 Å². The van der Waals surface area contributed by atoms with Gasteiger partial charge in [0.2, 0.25) is 0 Å². The molecule has 0 radical (unpaired) electrons. The van der Waals surface area contributed by atoms with Crippen molar-refractivity contribution < 1.29 is 54.4 Å². The molecule has 4 rings (SSSR count). The zero-order valence-corrected chi connectivity index (χ0v) is 19.6. The Kier molecular flexibility index (Phi) is 8.22. The minimum absolute atomic E-state index is 0. The van der Waals surface area contributed by atoms with Crippen molar-refractivity contribution >= 4 is 12.0 Å². The Bertz CT molecular complexity index is 799. The monoisotopic (exact) mass is 420 g/mol. The Morgan fingerprint density at radius 2 is 2.00 bits per heavy atom. The fourth-order valence-electron chi connectivity index (χ4n) is 5.16. The van der Waals surface area contributed by atoms with E-state index in [2.05, 4.69) is 0 Å². The first-order valence-electron chi connectivity index (χ1n) is 10.7. The number of ether oxygens (including phenoxy) is 1. The van der Waals surface area contributed by atoms with Crippen LogP contribution in [0.5, 0.6) is 0 Å². The van der Waals surface area contributed by atoms with Crippen LogP contribution in [0.4, 0.5) is 0 Å². The van der Waals surface area contributed by atoms with Gasteiger partial charge in [-0.2, -0.15) is 0 Å². The van der Waals surface area contributed by atoms with E-state index < -0.39 is 18.2 Å². The van der Waals surface area contributed by atoms with Crippen LogP contribution in [-0.2, 0) is 4.74 Å². The van der Waals surface area contributed by atoms with Gasteiger partial charge in [-0.05, 0) is 42.0 Å². The minimum Gasteiger partial charge on any atom is -0.545 e. The van der Waals surface area contributed by atoms with E-state index in [1.54, 1.807) is 12.1 Å². The normalized spacial score (nSPS) is 31.3. The molecule has 2 aliphatic carbocycles. The zero-order chi connectivity index (χ0) is 20.4. The van der Waals surface area contributed by atoms with E-state index in [-0.39, 0.29) is 53.1 Å². The van der Waals surface area contributed by atoms with Gasteiger partial charge in [0.15, 0.2) is 0 Å². The van der Waals surface area contributed by atoms with E-state index in [0.29, 0.717) is 18.8 Å². The second-order valence-electron chi connectivity index (χ2n) is 8.70. The molecule has 1 aromatic carbocycles. The molecule has 3 aliphatic rings. The van der Waals surface area contributed by atoms with Crippen LogP contribution in [0.15, 0.2) is 42.2 Å². The smallest absolute Gasteiger partial charge is 0.545 e. The van der Waals surface area contributed by atoms with Crippen LogP contribution in [0, 0.1) is 17.8 Å². The Morgan fingerprint density at radius 3 is 2.73 bits per heavy atom. The predicted octanol–water partition coefficient (Wildman–Crippen LogP) is -0.322. The first kappa shape index (κ1) is 23.6. The van der Waals surface area contributed by atoms with E-state index in [4.69, 9.17) is 4.74 Å². The molecule has 5 atom stereocenters. The quantitative estimate of drug-likeness (QED) is 0.503. The maximum atomic E-state index is 11.1. The molecule has 156 valence electrons. The fourth-order valence-corrected chi connectivity index (χ4v) is 5.16. The summed E-state index contributed by atoms with van der Waals surface area (Å²) in [6, 6.07) is 6.61. The van der Waals surface area contributed by atoms with Gasteiger partial charge in [-0.1, -0.05) is 49.6 Å². The van der Waals surface area contributed by atoms with Crippen LogP contribution in [0.2, 0.25) is 0 Å². The summed E-state index contributed by atoms with van der Waals surface area (Å²) in [7, 11) is 0. The number of hydrogen-bond acceptors (Lipinski definition) is 5. The van der Waals surface area contributed by atoms with Crippen LogP contribution in [0.1, 0.15) is 60.9 Å². The van der Waals surface area contributed by atoms with Crippen LogP contribution in [0.25, 0.3) is 6.08 Å². The number of allylic oxidation sites excluding steroid dienone is 1. The van der Waals surface area contributed by atoms with Gasteiger partial charge in [-0.15, -0.1) is 0 Å². The van der Waals surface area contributed by atoms with Crippen molar-refractivity contribution in [1.82, 2.24) is 0 Å². The molecule has 1 aromatic rings. The summed E-state index contributed by atoms with van der Waals surface area (Å²) >= 11 is 0. The van der Waals surface area contributed by atoms with Crippen LogP contribution in [0.3, 0.4) is 0 Å². The molecule has 1 aliphatic heterocycles. The number of aliphatic hydroxyl groups excluding tert-OH is 2. The molecule has 0 spiro atoms. The van der Waals surface area contributed by atoms with E-state index >= 15 is 0 Å². The Labute approximate surface area is 200 Å². The van der Waals surface area contributed by atoms with Crippen molar-refractivity contribution in [2.24, 2.45) is 17.8 Å². The predicted molar refractivity (Wildman–Crippen MR) is 108 cm³/mol. The standard InChI is InChI=1S/C24H30O5.Na/c25-21(16-6-2-1-3-7-16)10-9-19-20-13-18(29-23(20)14-22(19)26)12-15-5-4-8-17(11-15)24(27)28;/h4-5,8-12,16,19-23,25-26H,1-3,6-7,13-14H2,(H,27,28);/q;+1/p-1/b10-9?,18-12-;/t19-,20-,21-,22-,23+;/m1./s1. The maximum Gasteiger partial charge on any atom is 1.00 e. The number of carboxylic acids is 1. The summed E-state index contributed by atoms with van der Waals surface area (Å²) in [6.45, 7) is 0. The molecular formula is C24H29NaO5. The summed E-state index contributed by atoms with van der Waals surface area (Å²) in [5, 5.41) is 32.1. The summed E-state index contributed by atoms with van der Waals surface area (Å²) in [5.74, 6) is 0.0997. The number of carboxylic acid groups (broad SMARTS) is 1. The summed E-state index contributed by atoms with van der Waals surface area (Å²) in [5.41, 5.74) is 0.910. The van der Waals surface area contributed by atoms with Gasteiger partial charge in [0.1, 0.15) is 6.10 Å². The number of carbonyl (C=O) groups is 1. The van der Waals surface area contributed by atoms with Crippen LogP contribution < -0.4 is 34.7 Å². The van der Waals surface area contributed by atoms with Gasteiger partial charge in [0.25, 0.3) is 0 Å². The summed E-state index contributed by atoms with van der Waals surface area (Å²) in [6.07, 6.45) is 11.9. The number of carbonyl (C=O) groups excluding carboxylic acids is 1. The third kappa shape index (κ3) is 5.38. The van der Waals surface area contributed by atoms with Gasteiger partial charge >= 0.3 is 29.6 Å². The topological polar surface area (TPSA) is 89.8 Å². The number of benzene rings is 1. The zero-order valence-electron chi connectivity index (χ0n) is 17.6. The first-order valence-corrected chi connectivity index (χ1v) is 10.7. The average Bonchev–Trinajstić information content (AvgIpc) is 3.23. The van der Waals surface area contributed by atoms with E-state index in [1.807, 2.05) is 24.3 Å². The second-order valence-corrected chi connectivity index (χ2v) is 8.70. The Balaban J connectivity index is 0.00000256. The summed E-state index contributed by atoms with van der Waals surface area (Å²) in [4.78, 5) is 11.1. The number of rotatable bonds is 5.